The van der Waals surface area contributed by atoms with Gasteiger partial charge < -0.3 is 10.1 Å². The number of carbonyl (C=O) groups excluding carboxylic acids is 2. The highest BCUT2D eigenvalue weighted by Gasteiger charge is 2.21. The van der Waals surface area contributed by atoms with E-state index in [1.165, 1.54) is 0 Å². The van der Waals surface area contributed by atoms with E-state index < -0.39 is 0 Å². The molecule has 1 aliphatic heterocycles. The molecule has 4 heteroatoms. The Morgan fingerprint density at radius 2 is 2.10 bits per heavy atom. The summed E-state index contributed by atoms with van der Waals surface area (Å²) in [5.41, 5.74) is 3.05. The molecule has 0 radical (unpaired) electrons. The number of aryl methyl sites for hydroxylation is 2. The molecule has 1 N–H and O–H groups in total. The summed E-state index contributed by atoms with van der Waals surface area (Å²) in [4.78, 5) is 25.0. The van der Waals surface area contributed by atoms with Crippen LogP contribution in [-0.4, -0.2) is 36.7 Å². The van der Waals surface area contributed by atoms with Gasteiger partial charge in [0.1, 0.15) is 6.29 Å². The lowest BCUT2D eigenvalue weighted by molar-refractivity contribution is -0.119. The number of amides is 1. The van der Waals surface area contributed by atoms with Gasteiger partial charge in [0.25, 0.3) is 0 Å². The predicted molar refractivity (Wildman–Crippen MR) is 79.8 cm³/mol. The Balaban J connectivity index is 1.94. The summed E-state index contributed by atoms with van der Waals surface area (Å²) in [5.74, 6) is 0.0747. The molecule has 2 rings (SSSR count). The zero-order valence-corrected chi connectivity index (χ0v) is 12.2. The summed E-state index contributed by atoms with van der Waals surface area (Å²) < 4.78 is 0. The molecular weight excluding hydrogens is 252 g/mol. The van der Waals surface area contributed by atoms with Gasteiger partial charge in [-0.1, -0.05) is 18.2 Å². The summed E-state index contributed by atoms with van der Waals surface area (Å²) in [5, 5.41) is 2.99. The van der Waals surface area contributed by atoms with Crippen LogP contribution in [0.25, 0.3) is 0 Å². The number of piperidine rings is 1. The molecule has 0 aromatic heterocycles. The lowest BCUT2D eigenvalue weighted by Gasteiger charge is -2.29. The van der Waals surface area contributed by atoms with E-state index in [0.29, 0.717) is 13.1 Å². The largest absolute Gasteiger partial charge is 0.324 e. The number of benzene rings is 1. The Hall–Kier alpha value is -1.68. The van der Waals surface area contributed by atoms with E-state index in [-0.39, 0.29) is 11.8 Å². The van der Waals surface area contributed by atoms with Crippen molar-refractivity contribution in [3.63, 3.8) is 0 Å². The van der Waals surface area contributed by atoms with Crippen molar-refractivity contribution in [2.24, 2.45) is 5.92 Å². The molecule has 1 amide bonds. The zero-order chi connectivity index (χ0) is 14.5. The van der Waals surface area contributed by atoms with Crippen LogP contribution in [0.3, 0.4) is 0 Å². The third-order valence-electron chi connectivity index (χ3n) is 3.85. The minimum atomic E-state index is -0.00560. The van der Waals surface area contributed by atoms with Crippen molar-refractivity contribution in [1.29, 1.82) is 0 Å². The van der Waals surface area contributed by atoms with E-state index in [9.17, 15) is 9.59 Å². The van der Waals surface area contributed by atoms with Crippen LogP contribution in [0, 0.1) is 19.8 Å². The molecule has 1 aliphatic rings. The Bertz CT molecular complexity index is 479. The number of nitrogens with one attached hydrogen (secondary N) is 1. The first-order chi connectivity index (χ1) is 9.60. The Kier molecular flexibility index (Phi) is 4.90. The maximum absolute atomic E-state index is 12.1. The molecule has 1 heterocycles. The minimum absolute atomic E-state index is 0.00560. The lowest BCUT2D eigenvalue weighted by atomic mass is 10.00. The maximum atomic E-state index is 12.1. The van der Waals surface area contributed by atoms with E-state index in [0.717, 1.165) is 42.5 Å². The second-order valence-corrected chi connectivity index (χ2v) is 5.59. The Labute approximate surface area is 120 Å². The van der Waals surface area contributed by atoms with Crippen molar-refractivity contribution in [3.05, 3.63) is 29.3 Å². The third-order valence-corrected chi connectivity index (χ3v) is 3.85. The molecule has 1 aromatic rings. The van der Waals surface area contributed by atoms with Crippen LogP contribution in [0.5, 0.6) is 0 Å². The van der Waals surface area contributed by atoms with Crippen molar-refractivity contribution in [2.75, 3.05) is 25.0 Å². The van der Waals surface area contributed by atoms with Crippen LogP contribution < -0.4 is 5.32 Å². The number of anilines is 1. The van der Waals surface area contributed by atoms with Crippen molar-refractivity contribution in [3.8, 4) is 0 Å². The van der Waals surface area contributed by atoms with Crippen molar-refractivity contribution >= 4 is 17.9 Å². The third kappa shape index (κ3) is 3.67. The molecule has 1 unspecified atom stereocenters. The van der Waals surface area contributed by atoms with Gasteiger partial charge in [-0.05, 0) is 44.4 Å². The molecule has 4 nitrogen and oxygen atoms in total. The SMILES string of the molecule is Cc1cccc(C)c1NC(=O)CN1CCCC(C=O)C1. The smallest absolute Gasteiger partial charge is 0.238 e. The normalized spacial score (nSPS) is 19.6. The number of hydrogen-bond acceptors (Lipinski definition) is 3. The van der Waals surface area contributed by atoms with Crippen molar-refractivity contribution in [1.82, 2.24) is 4.90 Å². The topological polar surface area (TPSA) is 49.4 Å². The average Bonchev–Trinajstić information content (AvgIpc) is 2.43. The van der Waals surface area contributed by atoms with Gasteiger partial charge in [0.05, 0.1) is 6.54 Å². The predicted octanol–water partition coefficient (Wildman–Crippen LogP) is 2.15. The van der Waals surface area contributed by atoms with Crippen molar-refractivity contribution in [2.45, 2.75) is 26.7 Å². The number of nitrogens with zero attached hydrogens (tertiary/aromatic N) is 1. The Morgan fingerprint density at radius 3 is 2.75 bits per heavy atom. The fourth-order valence-corrected chi connectivity index (χ4v) is 2.74. The van der Waals surface area contributed by atoms with Gasteiger partial charge in [-0.3, -0.25) is 9.69 Å². The summed E-state index contributed by atoms with van der Waals surface area (Å²) in [7, 11) is 0. The highest BCUT2D eigenvalue weighted by molar-refractivity contribution is 5.93. The van der Waals surface area contributed by atoms with Gasteiger partial charge in [-0.2, -0.15) is 0 Å². The number of aldehydes is 1. The molecular formula is C16H22N2O2. The Morgan fingerprint density at radius 1 is 1.40 bits per heavy atom. The van der Waals surface area contributed by atoms with Crippen LogP contribution in [0.15, 0.2) is 18.2 Å². The van der Waals surface area contributed by atoms with Crippen molar-refractivity contribution < 1.29 is 9.59 Å². The summed E-state index contributed by atoms with van der Waals surface area (Å²) in [6, 6.07) is 5.97. The maximum Gasteiger partial charge on any atom is 0.238 e. The zero-order valence-electron chi connectivity index (χ0n) is 12.2. The number of likely N-dealkylation sites (tertiary alicyclic amines) is 1. The average molecular weight is 274 g/mol. The number of hydrogen-bond donors (Lipinski definition) is 1. The highest BCUT2D eigenvalue weighted by atomic mass is 16.2. The minimum Gasteiger partial charge on any atom is -0.324 e. The van der Waals surface area contributed by atoms with Crippen LogP contribution in [0.4, 0.5) is 5.69 Å². The van der Waals surface area contributed by atoms with Crippen LogP contribution in [-0.2, 0) is 9.59 Å². The summed E-state index contributed by atoms with van der Waals surface area (Å²) in [6.07, 6.45) is 2.94. The molecule has 0 bridgehead atoms. The van der Waals surface area contributed by atoms with E-state index >= 15 is 0 Å². The first-order valence-corrected chi connectivity index (χ1v) is 7.14. The molecule has 1 atom stereocenters. The first-order valence-electron chi connectivity index (χ1n) is 7.14. The highest BCUT2D eigenvalue weighted by Crippen LogP contribution is 2.20. The van der Waals surface area contributed by atoms with Crippen LogP contribution in [0.1, 0.15) is 24.0 Å². The molecule has 0 spiro atoms. The number of rotatable bonds is 4. The quantitative estimate of drug-likeness (QED) is 0.856. The molecule has 108 valence electrons. The molecule has 0 aliphatic carbocycles. The number of carbonyl (C=O) groups is 2. The fourth-order valence-electron chi connectivity index (χ4n) is 2.74. The molecule has 1 aromatic carbocycles. The van der Waals surface area contributed by atoms with Crippen LogP contribution in [0.2, 0.25) is 0 Å². The molecule has 1 fully saturated rings. The van der Waals surface area contributed by atoms with E-state index in [2.05, 4.69) is 10.2 Å². The second-order valence-electron chi connectivity index (χ2n) is 5.59. The first kappa shape index (κ1) is 14.7. The van der Waals surface area contributed by atoms with Gasteiger partial charge in [0, 0.05) is 18.2 Å². The summed E-state index contributed by atoms with van der Waals surface area (Å²) >= 11 is 0. The van der Waals surface area contributed by atoms with Gasteiger partial charge in [0.15, 0.2) is 0 Å². The van der Waals surface area contributed by atoms with E-state index in [4.69, 9.17) is 0 Å². The van der Waals surface area contributed by atoms with Gasteiger partial charge in [0.2, 0.25) is 5.91 Å². The summed E-state index contributed by atoms with van der Waals surface area (Å²) in [6.45, 7) is 5.93. The monoisotopic (exact) mass is 274 g/mol. The van der Waals surface area contributed by atoms with E-state index in [1.807, 2.05) is 32.0 Å². The molecule has 1 saturated heterocycles. The standard InChI is InChI=1S/C16H22N2O2/c1-12-5-3-6-13(2)16(12)17-15(20)10-18-8-4-7-14(9-18)11-19/h3,5-6,11,14H,4,7-10H2,1-2H3,(H,17,20). The number of para-hydroxylation sites is 1. The van der Waals surface area contributed by atoms with Gasteiger partial charge >= 0.3 is 0 Å². The van der Waals surface area contributed by atoms with E-state index in [1.54, 1.807) is 0 Å². The van der Waals surface area contributed by atoms with Gasteiger partial charge in [-0.15, -0.1) is 0 Å². The molecule has 0 saturated carbocycles. The fraction of sp³-hybridized carbons (Fsp3) is 0.500. The van der Waals surface area contributed by atoms with Crippen LogP contribution >= 0.6 is 0 Å². The lowest BCUT2D eigenvalue weighted by Crippen LogP contribution is -2.41. The van der Waals surface area contributed by atoms with Gasteiger partial charge in [-0.25, -0.2) is 0 Å². The molecule has 20 heavy (non-hydrogen) atoms. The second kappa shape index (κ2) is 6.66.